The zero-order chi connectivity index (χ0) is 19.1. The Morgan fingerprint density at radius 2 is 2.07 bits per heavy atom. The molecule has 0 spiro atoms. The Hall–Kier alpha value is -2.12. The van der Waals surface area contributed by atoms with E-state index in [-0.39, 0.29) is 11.2 Å². The van der Waals surface area contributed by atoms with Gasteiger partial charge in [-0.1, -0.05) is 49.7 Å². The Morgan fingerprint density at radius 3 is 2.74 bits per heavy atom. The molecule has 0 aliphatic carbocycles. The Balaban J connectivity index is 1.77. The lowest BCUT2D eigenvalue weighted by Gasteiger charge is -2.16. The summed E-state index contributed by atoms with van der Waals surface area (Å²) in [6.45, 7) is 2.63. The number of ether oxygens (including phenoxy) is 1. The topological polar surface area (TPSA) is 54.3 Å². The van der Waals surface area contributed by atoms with E-state index < -0.39 is 0 Å². The molecule has 0 radical (unpaired) electrons. The molecule has 1 aromatic heterocycles. The van der Waals surface area contributed by atoms with E-state index in [0.717, 1.165) is 35.5 Å². The summed E-state index contributed by atoms with van der Waals surface area (Å²) in [4.78, 5) is 15.7. The molecule has 2 heterocycles. The maximum atomic E-state index is 12.9. The van der Waals surface area contributed by atoms with E-state index in [4.69, 9.17) is 4.74 Å². The molecule has 3 rings (SSSR count). The summed E-state index contributed by atoms with van der Waals surface area (Å²) in [5.74, 6) is 0.922. The van der Waals surface area contributed by atoms with Crippen molar-refractivity contribution in [1.29, 1.82) is 0 Å². The smallest absolute Gasteiger partial charge is 0.242 e. The van der Waals surface area contributed by atoms with Gasteiger partial charge >= 0.3 is 0 Å². The molecular formula is C20H23N3O2S2. The number of hydrogen-bond donors (Lipinski definition) is 0. The van der Waals surface area contributed by atoms with Gasteiger partial charge in [0.2, 0.25) is 5.91 Å². The van der Waals surface area contributed by atoms with E-state index in [0.29, 0.717) is 11.7 Å². The molecule has 0 saturated carbocycles. The number of amides is 1. The predicted molar refractivity (Wildman–Crippen MR) is 114 cm³/mol. The molecule has 0 bridgehead atoms. The summed E-state index contributed by atoms with van der Waals surface area (Å²) in [5, 5.41) is 11.2. The van der Waals surface area contributed by atoms with Crippen LogP contribution < -0.4 is 4.74 Å². The van der Waals surface area contributed by atoms with Crippen LogP contribution in [0.15, 0.2) is 52.0 Å². The van der Waals surface area contributed by atoms with E-state index in [1.54, 1.807) is 29.6 Å². The number of thiophene rings is 1. The highest BCUT2D eigenvalue weighted by molar-refractivity contribution is 8.15. The zero-order valence-corrected chi connectivity index (χ0v) is 17.1. The van der Waals surface area contributed by atoms with Crippen molar-refractivity contribution in [3.63, 3.8) is 0 Å². The van der Waals surface area contributed by atoms with Gasteiger partial charge in [-0.15, -0.1) is 16.4 Å². The summed E-state index contributed by atoms with van der Waals surface area (Å²) < 4.78 is 5.20. The van der Waals surface area contributed by atoms with Gasteiger partial charge in [0.05, 0.1) is 25.1 Å². The van der Waals surface area contributed by atoms with Crippen LogP contribution in [0.1, 0.15) is 36.6 Å². The second-order valence-corrected chi connectivity index (χ2v) is 8.31. The average Bonchev–Trinajstić information content (AvgIpc) is 3.31. The molecule has 1 aromatic carbocycles. The van der Waals surface area contributed by atoms with Gasteiger partial charge in [0.25, 0.3) is 0 Å². The Morgan fingerprint density at radius 1 is 1.26 bits per heavy atom. The Kier molecular flexibility index (Phi) is 7.06. The molecular weight excluding hydrogens is 378 g/mol. The van der Waals surface area contributed by atoms with Crippen LogP contribution in [0.3, 0.4) is 0 Å². The lowest BCUT2D eigenvalue weighted by Crippen LogP contribution is -2.31. The van der Waals surface area contributed by atoms with Crippen molar-refractivity contribution in [2.75, 3.05) is 7.11 Å². The molecule has 2 aromatic rings. The van der Waals surface area contributed by atoms with Crippen molar-refractivity contribution < 1.29 is 9.53 Å². The SMILES string of the molecule is CCCCC1S/C(=N\N=C\c2cccs2)N(Cc2ccc(OC)cc2)C1=O. The van der Waals surface area contributed by atoms with Gasteiger partial charge in [-0.05, 0) is 35.6 Å². The number of carbonyl (C=O) groups is 1. The fraction of sp³-hybridized carbons (Fsp3) is 0.350. The number of thioether (sulfide) groups is 1. The number of rotatable bonds is 8. The largest absolute Gasteiger partial charge is 0.497 e. The highest BCUT2D eigenvalue weighted by Gasteiger charge is 2.37. The third kappa shape index (κ3) is 5.20. The van der Waals surface area contributed by atoms with Crippen LogP contribution in [0.25, 0.3) is 0 Å². The first kappa shape index (κ1) is 19.6. The lowest BCUT2D eigenvalue weighted by atomic mass is 10.1. The summed E-state index contributed by atoms with van der Waals surface area (Å²) in [5.41, 5.74) is 1.04. The minimum Gasteiger partial charge on any atom is -0.497 e. The monoisotopic (exact) mass is 401 g/mol. The maximum absolute atomic E-state index is 12.9. The van der Waals surface area contributed by atoms with Crippen molar-refractivity contribution in [3.05, 3.63) is 52.2 Å². The Bertz CT molecular complexity index is 801. The van der Waals surface area contributed by atoms with E-state index >= 15 is 0 Å². The molecule has 1 aliphatic heterocycles. The molecule has 1 atom stereocenters. The quantitative estimate of drug-likeness (QED) is 0.472. The fourth-order valence-corrected chi connectivity index (χ4v) is 4.44. The van der Waals surface area contributed by atoms with Crippen molar-refractivity contribution in [2.24, 2.45) is 10.2 Å². The molecule has 5 nitrogen and oxygen atoms in total. The van der Waals surface area contributed by atoms with Crippen molar-refractivity contribution in [3.8, 4) is 5.75 Å². The van der Waals surface area contributed by atoms with E-state index in [2.05, 4.69) is 17.1 Å². The van der Waals surface area contributed by atoms with Gasteiger partial charge < -0.3 is 4.74 Å². The van der Waals surface area contributed by atoms with Crippen molar-refractivity contribution >= 4 is 40.4 Å². The number of carbonyl (C=O) groups excluding carboxylic acids is 1. The van der Waals surface area contributed by atoms with Gasteiger partial charge in [0.1, 0.15) is 5.75 Å². The predicted octanol–water partition coefficient (Wildman–Crippen LogP) is 4.78. The summed E-state index contributed by atoms with van der Waals surface area (Å²) in [6.07, 6.45) is 4.71. The first-order chi connectivity index (χ1) is 13.2. The van der Waals surface area contributed by atoms with Gasteiger partial charge in [-0.3, -0.25) is 9.69 Å². The molecule has 1 fully saturated rings. The molecule has 7 heteroatoms. The zero-order valence-electron chi connectivity index (χ0n) is 15.5. The molecule has 0 N–H and O–H groups in total. The molecule has 1 unspecified atom stereocenters. The summed E-state index contributed by atoms with van der Waals surface area (Å²) in [6, 6.07) is 11.7. The second-order valence-electron chi connectivity index (χ2n) is 6.16. The van der Waals surface area contributed by atoms with Gasteiger partial charge in [0.15, 0.2) is 5.17 Å². The third-order valence-electron chi connectivity index (χ3n) is 4.21. The van der Waals surface area contributed by atoms with Gasteiger partial charge in [-0.25, -0.2) is 0 Å². The van der Waals surface area contributed by atoms with Crippen molar-refractivity contribution in [2.45, 2.75) is 38.0 Å². The van der Waals surface area contributed by atoms with E-state index in [9.17, 15) is 4.79 Å². The first-order valence-electron chi connectivity index (χ1n) is 8.96. The molecule has 1 amide bonds. The van der Waals surface area contributed by atoms with Crippen LogP contribution in [0, 0.1) is 0 Å². The van der Waals surface area contributed by atoms with Crippen molar-refractivity contribution in [1.82, 2.24) is 4.90 Å². The van der Waals surface area contributed by atoms with Crippen LogP contribution in [-0.2, 0) is 11.3 Å². The van der Waals surface area contributed by atoms with Crippen LogP contribution in [-0.4, -0.2) is 34.5 Å². The molecule has 27 heavy (non-hydrogen) atoms. The molecule has 142 valence electrons. The number of amidine groups is 1. The number of nitrogens with zero attached hydrogens (tertiary/aromatic N) is 3. The second kappa shape index (κ2) is 9.71. The van der Waals surface area contributed by atoms with E-state index in [1.807, 2.05) is 41.8 Å². The highest BCUT2D eigenvalue weighted by Crippen LogP contribution is 2.32. The summed E-state index contributed by atoms with van der Waals surface area (Å²) in [7, 11) is 1.64. The average molecular weight is 402 g/mol. The van der Waals surface area contributed by atoms with Gasteiger partial charge in [-0.2, -0.15) is 5.10 Å². The fourth-order valence-electron chi connectivity index (χ4n) is 2.72. The third-order valence-corrected chi connectivity index (χ3v) is 6.25. The van der Waals surface area contributed by atoms with Gasteiger partial charge in [0, 0.05) is 4.88 Å². The number of methoxy groups -OCH3 is 1. The lowest BCUT2D eigenvalue weighted by molar-refractivity contribution is -0.126. The first-order valence-corrected chi connectivity index (χ1v) is 10.7. The summed E-state index contributed by atoms with van der Waals surface area (Å²) >= 11 is 3.13. The highest BCUT2D eigenvalue weighted by atomic mass is 32.2. The van der Waals surface area contributed by atoms with E-state index in [1.165, 1.54) is 11.8 Å². The van der Waals surface area contributed by atoms with Crippen LogP contribution >= 0.6 is 23.1 Å². The Labute approximate surface area is 168 Å². The molecule has 1 aliphatic rings. The minimum absolute atomic E-state index is 0.0705. The number of hydrogen-bond acceptors (Lipinski definition) is 6. The number of unbranched alkanes of at least 4 members (excludes halogenated alkanes) is 1. The maximum Gasteiger partial charge on any atom is 0.242 e. The van der Waals surface area contributed by atoms with Crippen LogP contribution in [0.5, 0.6) is 5.75 Å². The molecule has 1 saturated heterocycles. The standard InChI is InChI=1S/C20H23N3O2S2/c1-3-4-7-18-19(24)23(14-15-8-10-16(25-2)11-9-15)20(27-18)22-21-13-17-6-5-12-26-17/h5-6,8-13,18H,3-4,7,14H2,1-2H3/b21-13+,22-20-. The van der Waals surface area contributed by atoms with Crippen LogP contribution in [0.2, 0.25) is 0 Å². The van der Waals surface area contributed by atoms with Crippen LogP contribution in [0.4, 0.5) is 0 Å². The minimum atomic E-state index is -0.0705. The normalized spacial score (nSPS) is 18.7. The number of benzene rings is 1.